The first-order valence-corrected chi connectivity index (χ1v) is 12.8. The number of nitrogens with one attached hydrogen (secondary N) is 1. The fourth-order valence-electron chi connectivity index (χ4n) is 3.81. The van der Waals surface area contributed by atoms with Crippen molar-refractivity contribution < 1.29 is 9.53 Å². The second-order valence-electron chi connectivity index (χ2n) is 8.22. The Bertz CT molecular complexity index is 1550. The molecule has 1 amide bonds. The highest BCUT2D eigenvalue weighted by atomic mass is 32.2. The molecule has 0 fully saturated rings. The van der Waals surface area contributed by atoms with Gasteiger partial charge in [0.2, 0.25) is 0 Å². The van der Waals surface area contributed by atoms with Crippen molar-refractivity contribution in [2.24, 2.45) is 5.10 Å². The number of rotatable bonds is 9. The number of hydrazone groups is 1. The average Bonchev–Trinajstić information content (AvgIpc) is 3.56. The van der Waals surface area contributed by atoms with Crippen LogP contribution in [0, 0.1) is 6.92 Å². The molecule has 9 nitrogen and oxygen atoms in total. The molecule has 0 saturated carbocycles. The molecule has 0 spiro atoms. The van der Waals surface area contributed by atoms with Gasteiger partial charge in [0.05, 0.1) is 24.8 Å². The van der Waals surface area contributed by atoms with Gasteiger partial charge in [0.15, 0.2) is 5.16 Å². The monoisotopic (exact) mass is 523 g/mol. The molecular weight excluding hydrogens is 498 g/mol. The molecule has 0 radical (unpaired) electrons. The Labute approximate surface area is 224 Å². The summed E-state index contributed by atoms with van der Waals surface area (Å²) < 4.78 is 8.98. The smallest absolute Gasteiger partial charge is 0.250 e. The van der Waals surface area contributed by atoms with E-state index in [-0.39, 0.29) is 11.7 Å². The summed E-state index contributed by atoms with van der Waals surface area (Å²) in [4.78, 5) is 12.6. The fourth-order valence-corrected chi connectivity index (χ4v) is 4.60. The minimum absolute atomic E-state index is 0.136. The minimum Gasteiger partial charge on any atom is -0.497 e. The number of carbonyl (C=O) groups excluding carboxylic acids is 1. The van der Waals surface area contributed by atoms with Gasteiger partial charge in [-0.25, -0.2) is 10.1 Å². The van der Waals surface area contributed by atoms with Gasteiger partial charge >= 0.3 is 0 Å². The number of aromatic nitrogens is 5. The lowest BCUT2D eigenvalue weighted by Gasteiger charge is -2.07. The maximum Gasteiger partial charge on any atom is 0.250 e. The van der Waals surface area contributed by atoms with Gasteiger partial charge in [0, 0.05) is 23.0 Å². The molecule has 0 saturated heterocycles. The van der Waals surface area contributed by atoms with Crippen LogP contribution in [0.4, 0.5) is 0 Å². The normalized spacial score (nSPS) is 11.1. The number of amides is 1. The number of aryl methyl sites for hydroxylation is 1. The Hall–Kier alpha value is -4.70. The largest absolute Gasteiger partial charge is 0.497 e. The van der Waals surface area contributed by atoms with E-state index in [2.05, 4.69) is 20.7 Å². The van der Waals surface area contributed by atoms with Crippen LogP contribution in [0.5, 0.6) is 5.75 Å². The number of ether oxygens (including phenoxy) is 1. The molecule has 38 heavy (non-hydrogen) atoms. The zero-order valence-corrected chi connectivity index (χ0v) is 21.7. The fraction of sp³-hybridized carbons (Fsp3) is 0.107. The van der Waals surface area contributed by atoms with E-state index in [1.54, 1.807) is 18.0 Å². The number of hydrogen-bond donors (Lipinski definition) is 1. The van der Waals surface area contributed by atoms with Crippen molar-refractivity contribution in [2.45, 2.75) is 12.1 Å². The van der Waals surface area contributed by atoms with E-state index in [0.29, 0.717) is 5.16 Å². The highest BCUT2D eigenvalue weighted by Gasteiger charge is 2.14. The summed E-state index contributed by atoms with van der Waals surface area (Å²) in [5.74, 6) is 1.39. The summed E-state index contributed by atoms with van der Waals surface area (Å²) in [5.41, 5.74) is 6.86. The molecule has 0 unspecified atom stereocenters. The van der Waals surface area contributed by atoms with Gasteiger partial charge in [0.1, 0.15) is 17.3 Å². The molecule has 0 aliphatic heterocycles. The number of nitrogens with zero attached hydrogens (tertiary/aromatic N) is 6. The van der Waals surface area contributed by atoms with Crippen molar-refractivity contribution in [2.75, 3.05) is 12.9 Å². The average molecular weight is 524 g/mol. The van der Waals surface area contributed by atoms with Gasteiger partial charge in [0.25, 0.3) is 5.91 Å². The third-order valence-electron chi connectivity index (χ3n) is 5.66. The number of thioether (sulfide) groups is 1. The lowest BCUT2D eigenvalue weighted by Crippen LogP contribution is -2.20. The standard InChI is InChI=1S/C28H25N7O2S/c1-20-30-32-28(35(20)24-11-7-4-8-12-24)38-19-26(36)31-29-17-22-18-34(23-9-5-3-6-10-23)33-27(22)21-13-15-25(37-2)16-14-21/h3-18H,19H2,1-2H3,(H,31,36)/b29-17-. The number of carbonyl (C=O) groups is 1. The summed E-state index contributed by atoms with van der Waals surface area (Å²) in [6, 6.07) is 27.2. The molecule has 0 atom stereocenters. The summed E-state index contributed by atoms with van der Waals surface area (Å²) in [6.07, 6.45) is 3.48. The summed E-state index contributed by atoms with van der Waals surface area (Å²) in [5, 5.41) is 18.0. The highest BCUT2D eigenvalue weighted by molar-refractivity contribution is 7.99. The summed E-state index contributed by atoms with van der Waals surface area (Å²) in [6.45, 7) is 1.88. The number of methoxy groups -OCH3 is 1. The van der Waals surface area contributed by atoms with E-state index in [1.807, 2.05) is 103 Å². The van der Waals surface area contributed by atoms with Crippen LogP contribution in [-0.4, -0.2) is 49.5 Å². The molecule has 190 valence electrons. The topological polar surface area (TPSA) is 99.2 Å². The second kappa shape index (κ2) is 11.6. The molecule has 1 N–H and O–H groups in total. The lowest BCUT2D eigenvalue weighted by molar-refractivity contribution is -0.118. The maximum absolute atomic E-state index is 12.6. The van der Waals surface area contributed by atoms with Gasteiger partial charge in [-0.05, 0) is 55.5 Å². The third-order valence-corrected chi connectivity index (χ3v) is 6.59. The molecule has 3 aromatic carbocycles. The van der Waals surface area contributed by atoms with Gasteiger partial charge < -0.3 is 4.74 Å². The van der Waals surface area contributed by atoms with E-state index in [4.69, 9.17) is 9.84 Å². The van der Waals surface area contributed by atoms with Crippen molar-refractivity contribution >= 4 is 23.9 Å². The number of hydrogen-bond acceptors (Lipinski definition) is 7. The van der Waals surface area contributed by atoms with Crippen LogP contribution in [0.3, 0.4) is 0 Å². The molecule has 2 aromatic heterocycles. The Morgan fingerprint density at radius 1 is 0.974 bits per heavy atom. The number of benzene rings is 3. The van der Waals surface area contributed by atoms with Crippen LogP contribution in [0.15, 0.2) is 101 Å². The Morgan fingerprint density at radius 2 is 1.66 bits per heavy atom. The quantitative estimate of drug-likeness (QED) is 0.171. The van der Waals surface area contributed by atoms with Gasteiger partial charge in [-0.2, -0.15) is 10.2 Å². The first-order chi connectivity index (χ1) is 18.6. The predicted octanol–water partition coefficient (Wildman–Crippen LogP) is 4.68. The molecule has 2 heterocycles. The van der Waals surface area contributed by atoms with Crippen LogP contribution in [0.25, 0.3) is 22.6 Å². The zero-order chi connectivity index (χ0) is 26.3. The van der Waals surface area contributed by atoms with Crippen molar-refractivity contribution in [1.82, 2.24) is 30.0 Å². The first kappa shape index (κ1) is 25.0. The Morgan fingerprint density at radius 3 is 2.34 bits per heavy atom. The van der Waals surface area contributed by atoms with E-state index >= 15 is 0 Å². The van der Waals surface area contributed by atoms with Crippen LogP contribution in [-0.2, 0) is 4.79 Å². The van der Waals surface area contributed by atoms with E-state index in [0.717, 1.165) is 39.8 Å². The van der Waals surface area contributed by atoms with Crippen LogP contribution < -0.4 is 10.2 Å². The van der Waals surface area contributed by atoms with Crippen LogP contribution >= 0.6 is 11.8 Å². The molecule has 0 aliphatic carbocycles. The van der Waals surface area contributed by atoms with Gasteiger partial charge in [-0.1, -0.05) is 48.2 Å². The van der Waals surface area contributed by atoms with E-state index in [9.17, 15) is 4.79 Å². The summed E-state index contributed by atoms with van der Waals surface area (Å²) in [7, 11) is 1.63. The van der Waals surface area contributed by atoms with Gasteiger partial charge in [-0.3, -0.25) is 9.36 Å². The molecule has 0 aliphatic rings. The molecule has 5 aromatic rings. The van der Waals surface area contributed by atoms with Crippen molar-refractivity contribution in [1.29, 1.82) is 0 Å². The highest BCUT2D eigenvalue weighted by Crippen LogP contribution is 2.25. The van der Waals surface area contributed by atoms with Crippen LogP contribution in [0.1, 0.15) is 11.4 Å². The van der Waals surface area contributed by atoms with E-state index in [1.165, 1.54) is 11.8 Å². The molecular formula is C28H25N7O2S. The first-order valence-electron chi connectivity index (χ1n) is 11.8. The zero-order valence-electron chi connectivity index (χ0n) is 20.9. The molecule has 5 rings (SSSR count). The maximum atomic E-state index is 12.6. The second-order valence-corrected chi connectivity index (χ2v) is 9.17. The third kappa shape index (κ3) is 5.65. The molecule has 10 heteroatoms. The Kier molecular flexibility index (Phi) is 7.60. The number of para-hydroxylation sites is 2. The van der Waals surface area contributed by atoms with Crippen molar-refractivity contribution in [3.8, 4) is 28.4 Å². The van der Waals surface area contributed by atoms with Crippen molar-refractivity contribution in [3.05, 3.63) is 103 Å². The SMILES string of the molecule is COc1ccc(-c2nn(-c3ccccc3)cc2/C=N\NC(=O)CSc2nnc(C)n2-c2ccccc2)cc1. The van der Waals surface area contributed by atoms with Crippen LogP contribution in [0.2, 0.25) is 0 Å². The molecule has 0 bridgehead atoms. The van der Waals surface area contributed by atoms with Crippen molar-refractivity contribution in [3.63, 3.8) is 0 Å². The predicted molar refractivity (Wildman–Crippen MR) is 148 cm³/mol. The Balaban J connectivity index is 1.30. The lowest BCUT2D eigenvalue weighted by atomic mass is 10.1. The van der Waals surface area contributed by atoms with Gasteiger partial charge in [-0.15, -0.1) is 10.2 Å². The van der Waals surface area contributed by atoms with E-state index < -0.39 is 0 Å². The summed E-state index contributed by atoms with van der Waals surface area (Å²) >= 11 is 1.30. The minimum atomic E-state index is -0.257.